The Morgan fingerprint density at radius 1 is 0.939 bits per heavy atom. The summed E-state index contributed by atoms with van der Waals surface area (Å²) in [5, 5.41) is 2.83. The van der Waals surface area contributed by atoms with Gasteiger partial charge in [-0.25, -0.2) is 8.42 Å². The van der Waals surface area contributed by atoms with Crippen molar-refractivity contribution in [2.75, 3.05) is 30.3 Å². The molecule has 0 aliphatic rings. The molecular formula is C26H30N2O4S. The summed E-state index contributed by atoms with van der Waals surface area (Å²) in [4.78, 5) is 12.2. The van der Waals surface area contributed by atoms with Crippen LogP contribution in [-0.4, -0.2) is 40.3 Å². The van der Waals surface area contributed by atoms with Crippen molar-refractivity contribution in [3.63, 3.8) is 0 Å². The fraction of sp³-hybridized carbons (Fsp3) is 0.269. The van der Waals surface area contributed by atoms with E-state index in [1.807, 2.05) is 79.7 Å². The van der Waals surface area contributed by atoms with Crippen LogP contribution in [0.15, 0.2) is 78.9 Å². The summed E-state index contributed by atoms with van der Waals surface area (Å²) in [5.74, 6) is 0.667. The SMILES string of the molecule is Cc1ccccc1OCCNC(=O)CCCN(c1ccccc1-c1ccccc1)S(C)(=O)=O. The Bertz CT molecular complexity index is 1160. The fourth-order valence-corrected chi connectivity index (χ4v) is 4.54. The van der Waals surface area contributed by atoms with Crippen LogP contribution in [0.2, 0.25) is 0 Å². The number of hydrogen-bond donors (Lipinski definition) is 1. The second kappa shape index (κ2) is 11.5. The Morgan fingerprint density at radius 3 is 2.33 bits per heavy atom. The number of benzene rings is 3. The van der Waals surface area contributed by atoms with Crippen LogP contribution in [0.4, 0.5) is 5.69 Å². The van der Waals surface area contributed by atoms with Gasteiger partial charge in [-0.15, -0.1) is 0 Å². The van der Waals surface area contributed by atoms with E-state index in [2.05, 4.69) is 5.32 Å². The number of carbonyl (C=O) groups excluding carboxylic acids is 1. The normalized spacial score (nSPS) is 11.1. The first-order valence-corrected chi connectivity index (χ1v) is 12.8. The third kappa shape index (κ3) is 7.08. The van der Waals surface area contributed by atoms with Crippen molar-refractivity contribution in [3.8, 4) is 16.9 Å². The van der Waals surface area contributed by atoms with Crippen LogP contribution in [0.1, 0.15) is 18.4 Å². The predicted octanol–water partition coefficient (Wildman–Crippen LogP) is 4.40. The van der Waals surface area contributed by atoms with Gasteiger partial charge in [-0.05, 0) is 36.6 Å². The minimum atomic E-state index is -3.52. The van der Waals surface area contributed by atoms with E-state index in [1.54, 1.807) is 6.07 Å². The zero-order chi connectivity index (χ0) is 23.7. The highest BCUT2D eigenvalue weighted by molar-refractivity contribution is 7.92. The van der Waals surface area contributed by atoms with Crippen LogP contribution in [0.3, 0.4) is 0 Å². The Morgan fingerprint density at radius 2 is 1.61 bits per heavy atom. The van der Waals surface area contributed by atoms with E-state index >= 15 is 0 Å². The van der Waals surface area contributed by atoms with Gasteiger partial charge in [0.15, 0.2) is 0 Å². The molecule has 33 heavy (non-hydrogen) atoms. The van der Waals surface area contributed by atoms with Gasteiger partial charge in [-0.2, -0.15) is 0 Å². The minimum absolute atomic E-state index is 0.131. The first-order chi connectivity index (χ1) is 15.9. The summed E-state index contributed by atoms with van der Waals surface area (Å²) in [7, 11) is -3.52. The van der Waals surface area contributed by atoms with Gasteiger partial charge in [0, 0.05) is 18.5 Å². The van der Waals surface area contributed by atoms with Crippen molar-refractivity contribution in [1.82, 2.24) is 5.32 Å². The van der Waals surface area contributed by atoms with Crippen molar-refractivity contribution >= 4 is 21.6 Å². The second-order valence-electron chi connectivity index (χ2n) is 7.79. The third-order valence-electron chi connectivity index (χ3n) is 5.20. The lowest BCUT2D eigenvalue weighted by Gasteiger charge is -2.25. The molecule has 1 N–H and O–H groups in total. The number of nitrogens with zero attached hydrogens (tertiary/aromatic N) is 1. The Labute approximate surface area is 196 Å². The molecule has 0 saturated carbocycles. The van der Waals surface area contributed by atoms with Gasteiger partial charge in [0.25, 0.3) is 0 Å². The van der Waals surface area contributed by atoms with E-state index in [-0.39, 0.29) is 18.9 Å². The lowest BCUT2D eigenvalue weighted by molar-refractivity contribution is -0.121. The van der Waals surface area contributed by atoms with Crippen LogP contribution in [-0.2, 0) is 14.8 Å². The maximum absolute atomic E-state index is 12.6. The highest BCUT2D eigenvalue weighted by Crippen LogP contribution is 2.32. The highest BCUT2D eigenvalue weighted by atomic mass is 32.2. The van der Waals surface area contributed by atoms with Crippen LogP contribution in [0, 0.1) is 6.92 Å². The molecule has 1 amide bonds. The van der Waals surface area contributed by atoms with Crippen molar-refractivity contribution in [2.24, 2.45) is 0 Å². The van der Waals surface area contributed by atoms with Crippen LogP contribution in [0.5, 0.6) is 5.75 Å². The Kier molecular flexibility index (Phi) is 8.49. The number of sulfonamides is 1. The molecule has 3 aromatic carbocycles. The largest absolute Gasteiger partial charge is 0.491 e. The molecule has 174 valence electrons. The highest BCUT2D eigenvalue weighted by Gasteiger charge is 2.20. The molecule has 0 atom stereocenters. The number of para-hydroxylation sites is 2. The van der Waals surface area contributed by atoms with Crippen LogP contribution in [0.25, 0.3) is 11.1 Å². The number of carbonyl (C=O) groups is 1. The number of aryl methyl sites for hydroxylation is 1. The summed E-state index contributed by atoms with van der Waals surface area (Å²) >= 11 is 0. The summed E-state index contributed by atoms with van der Waals surface area (Å²) in [6.07, 6.45) is 1.82. The maximum atomic E-state index is 12.6. The maximum Gasteiger partial charge on any atom is 0.232 e. The number of nitrogens with one attached hydrogen (secondary N) is 1. The summed E-state index contributed by atoms with van der Waals surface area (Å²) in [5.41, 5.74) is 3.42. The van der Waals surface area contributed by atoms with Gasteiger partial charge in [-0.1, -0.05) is 66.7 Å². The zero-order valence-corrected chi connectivity index (χ0v) is 19.8. The van der Waals surface area contributed by atoms with E-state index in [9.17, 15) is 13.2 Å². The molecule has 6 nitrogen and oxygen atoms in total. The number of rotatable bonds is 11. The topological polar surface area (TPSA) is 75.7 Å². The quantitative estimate of drug-likeness (QED) is 0.425. The summed E-state index contributed by atoms with van der Waals surface area (Å²) < 4.78 is 32.2. The average molecular weight is 467 g/mol. The van der Waals surface area contributed by atoms with E-state index in [1.165, 1.54) is 10.6 Å². The van der Waals surface area contributed by atoms with Gasteiger partial charge in [0.1, 0.15) is 12.4 Å². The van der Waals surface area contributed by atoms with Crippen molar-refractivity contribution in [1.29, 1.82) is 0 Å². The fourth-order valence-electron chi connectivity index (χ4n) is 3.56. The molecule has 0 aromatic heterocycles. The molecule has 0 saturated heterocycles. The number of ether oxygens (including phenoxy) is 1. The van der Waals surface area contributed by atoms with Crippen molar-refractivity contribution in [3.05, 3.63) is 84.4 Å². The molecule has 7 heteroatoms. The number of anilines is 1. The molecule has 0 spiro atoms. The van der Waals surface area contributed by atoms with Crippen LogP contribution < -0.4 is 14.4 Å². The molecule has 0 radical (unpaired) electrons. The van der Waals surface area contributed by atoms with E-state index in [0.29, 0.717) is 25.3 Å². The van der Waals surface area contributed by atoms with Gasteiger partial charge < -0.3 is 10.1 Å². The van der Waals surface area contributed by atoms with Crippen molar-refractivity contribution < 1.29 is 17.9 Å². The van der Waals surface area contributed by atoms with Crippen LogP contribution >= 0.6 is 0 Å². The monoisotopic (exact) mass is 466 g/mol. The molecule has 0 aliphatic heterocycles. The molecule has 3 aromatic rings. The second-order valence-corrected chi connectivity index (χ2v) is 9.69. The Hall–Kier alpha value is -3.32. The third-order valence-corrected chi connectivity index (χ3v) is 6.38. The van der Waals surface area contributed by atoms with Gasteiger partial charge in [-0.3, -0.25) is 9.10 Å². The molecule has 0 bridgehead atoms. The first-order valence-electron chi connectivity index (χ1n) is 10.9. The number of hydrogen-bond acceptors (Lipinski definition) is 4. The first kappa shape index (κ1) is 24.3. The van der Waals surface area contributed by atoms with E-state index in [4.69, 9.17) is 4.74 Å². The zero-order valence-electron chi connectivity index (χ0n) is 19.0. The molecule has 3 rings (SSSR count). The summed E-state index contributed by atoms with van der Waals surface area (Å²) in [6.45, 7) is 2.95. The van der Waals surface area contributed by atoms with Crippen molar-refractivity contribution in [2.45, 2.75) is 19.8 Å². The average Bonchev–Trinajstić information content (AvgIpc) is 2.80. The van der Waals surface area contributed by atoms with E-state index in [0.717, 1.165) is 22.4 Å². The van der Waals surface area contributed by atoms with E-state index < -0.39 is 10.0 Å². The molecular weight excluding hydrogens is 436 g/mol. The smallest absolute Gasteiger partial charge is 0.232 e. The summed E-state index contributed by atoms with van der Waals surface area (Å²) in [6, 6.07) is 24.8. The molecule has 0 aliphatic carbocycles. The number of amides is 1. The van der Waals surface area contributed by atoms with Gasteiger partial charge in [0.2, 0.25) is 15.9 Å². The lowest BCUT2D eigenvalue weighted by Crippen LogP contribution is -2.33. The predicted molar refractivity (Wildman–Crippen MR) is 133 cm³/mol. The van der Waals surface area contributed by atoms with Gasteiger partial charge in [0.05, 0.1) is 18.5 Å². The minimum Gasteiger partial charge on any atom is -0.491 e. The van der Waals surface area contributed by atoms with Gasteiger partial charge >= 0.3 is 0 Å². The molecule has 0 unspecified atom stereocenters. The molecule has 0 fully saturated rings. The lowest BCUT2D eigenvalue weighted by atomic mass is 10.0. The standard InChI is InChI=1S/C26H30N2O4S/c1-21-11-6-9-16-25(21)32-20-18-27-26(29)17-10-19-28(33(2,30)31)24-15-8-7-14-23(24)22-12-4-3-5-13-22/h3-9,11-16H,10,17-20H2,1-2H3,(H,27,29). The molecule has 0 heterocycles. The Balaban J connectivity index is 1.55.